The minimum Gasteiger partial charge on any atom is -0.444 e. The lowest BCUT2D eigenvalue weighted by Crippen LogP contribution is -2.37. The van der Waals surface area contributed by atoms with Gasteiger partial charge in [0.05, 0.1) is 6.20 Å². The smallest absolute Gasteiger partial charge is 0.410 e. The molecule has 0 radical (unpaired) electrons. The number of hydrogen-bond acceptors (Lipinski definition) is 5. The van der Waals surface area contributed by atoms with Crippen LogP contribution in [0.3, 0.4) is 0 Å². The summed E-state index contributed by atoms with van der Waals surface area (Å²) in [7, 11) is 0. The van der Waals surface area contributed by atoms with Crippen molar-refractivity contribution in [3.05, 3.63) is 36.5 Å². The van der Waals surface area contributed by atoms with Gasteiger partial charge >= 0.3 is 6.09 Å². The van der Waals surface area contributed by atoms with Gasteiger partial charge in [0.15, 0.2) is 0 Å². The Morgan fingerprint density at radius 2 is 1.77 bits per heavy atom. The first-order chi connectivity index (χ1) is 12.4. The second-order valence-electron chi connectivity index (χ2n) is 8.18. The monoisotopic (exact) mass is 371 g/mol. The molecule has 6 heteroatoms. The van der Waals surface area contributed by atoms with Crippen LogP contribution >= 0.6 is 11.3 Å². The van der Waals surface area contributed by atoms with Crippen LogP contribution in [0.2, 0.25) is 0 Å². The number of thiazole rings is 1. The van der Waals surface area contributed by atoms with Gasteiger partial charge in [-0.15, -0.1) is 0 Å². The summed E-state index contributed by atoms with van der Waals surface area (Å²) in [5.74, 6) is 1.04. The first-order valence-corrected chi connectivity index (χ1v) is 9.95. The van der Waals surface area contributed by atoms with Crippen LogP contribution in [-0.4, -0.2) is 47.8 Å². The average molecular weight is 372 g/mol. The molecule has 0 N–H and O–H groups in total. The third kappa shape index (κ3) is 3.56. The van der Waals surface area contributed by atoms with Crippen LogP contribution in [0.4, 0.5) is 9.80 Å². The zero-order chi connectivity index (χ0) is 18.3. The van der Waals surface area contributed by atoms with Crippen molar-refractivity contribution in [1.82, 2.24) is 9.88 Å². The number of carbonyl (C=O) groups is 1. The maximum Gasteiger partial charge on any atom is 0.410 e. The fraction of sp³-hybridized carbons (Fsp3) is 0.500. The molecule has 0 saturated carbocycles. The molecular formula is C20H25N3O2S. The lowest BCUT2D eigenvalue weighted by atomic mass is 10.0. The molecule has 2 unspecified atom stereocenters. The van der Waals surface area contributed by atoms with Crippen LogP contribution in [0.1, 0.15) is 20.8 Å². The van der Waals surface area contributed by atoms with Crippen molar-refractivity contribution >= 4 is 22.4 Å². The van der Waals surface area contributed by atoms with E-state index in [1.54, 1.807) is 11.3 Å². The van der Waals surface area contributed by atoms with E-state index in [1.807, 2.05) is 50.1 Å². The molecule has 0 spiro atoms. The Labute approximate surface area is 158 Å². The molecule has 1 aromatic heterocycles. The minimum atomic E-state index is -0.433. The topological polar surface area (TPSA) is 45.7 Å². The van der Waals surface area contributed by atoms with Crippen LogP contribution in [0.5, 0.6) is 0 Å². The number of likely N-dealkylation sites (tertiary alicyclic amines) is 1. The van der Waals surface area contributed by atoms with Crippen molar-refractivity contribution in [2.45, 2.75) is 26.4 Å². The fourth-order valence-corrected chi connectivity index (χ4v) is 4.72. The van der Waals surface area contributed by atoms with Crippen molar-refractivity contribution < 1.29 is 9.53 Å². The second kappa shape index (κ2) is 6.58. The molecule has 3 heterocycles. The van der Waals surface area contributed by atoms with E-state index in [2.05, 4.69) is 22.0 Å². The predicted molar refractivity (Wildman–Crippen MR) is 105 cm³/mol. The number of hydrogen-bond donors (Lipinski definition) is 0. The van der Waals surface area contributed by atoms with Crippen molar-refractivity contribution in [3.8, 4) is 10.6 Å². The zero-order valence-corrected chi connectivity index (χ0v) is 16.3. The Hall–Kier alpha value is -2.08. The summed E-state index contributed by atoms with van der Waals surface area (Å²) < 4.78 is 5.52. The Bertz CT molecular complexity index is 770. The predicted octanol–water partition coefficient (Wildman–Crippen LogP) is 4.11. The summed E-state index contributed by atoms with van der Waals surface area (Å²) in [5, 5.41) is 2.29. The largest absolute Gasteiger partial charge is 0.444 e. The second-order valence-corrected chi connectivity index (χ2v) is 9.19. The number of nitrogens with zero attached hydrogens (tertiary/aromatic N) is 3. The highest BCUT2D eigenvalue weighted by atomic mass is 32.1. The van der Waals surface area contributed by atoms with Gasteiger partial charge in [0.25, 0.3) is 0 Å². The van der Waals surface area contributed by atoms with E-state index in [1.165, 1.54) is 10.6 Å². The van der Waals surface area contributed by atoms with Crippen molar-refractivity contribution in [2.24, 2.45) is 11.8 Å². The van der Waals surface area contributed by atoms with E-state index in [-0.39, 0.29) is 6.09 Å². The van der Waals surface area contributed by atoms with Gasteiger partial charge in [0.1, 0.15) is 15.6 Å². The number of rotatable bonds is 2. The number of benzene rings is 1. The standard InChI is InChI=1S/C20H25N3O2S/c1-20(2,3)25-19(24)23-12-15-10-22(11-16(15)13-23)17-9-21-18(26-17)14-7-5-4-6-8-14/h4-9,15-16H,10-13H2,1-3H3. The first-order valence-electron chi connectivity index (χ1n) is 9.13. The van der Waals surface area contributed by atoms with Gasteiger partial charge < -0.3 is 14.5 Å². The molecule has 5 nitrogen and oxygen atoms in total. The normalized spacial score (nSPS) is 22.6. The highest BCUT2D eigenvalue weighted by molar-refractivity contribution is 7.18. The molecule has 2 aromatic rings. The number of fused-ring (bicyclic) bond motifs is 1. The number of anilines is 1. The molecular weight excluding hydrogens is 346 g/mol. The number of ether oxygens (including phenoxy) is 1. The number of carbonyl (C=O) groups excluding carboxylic acids is 1. The number of aromatic nitrogens is 1. The van der Waals surface area contributed by atoms with Crippen molar-refractivity contribution in [3.63, 3.8) is 0 Å². The molecule has 26 heavy (non-hydrogen) atoms. The SMILES string of the molecule is CC(C)(C)OC(=O)N1CC2CN(c3cnc(-c4ccccc4)s3)CC2C1. The van der Waals surface area contributed by atoms with Gasteiger partial charge in [-0.2, -0.15) is 0 Å². The lowest BCUT2D eigenvalue weighted by molar-refractivity contribution is 0.0282. The summed E-state index contributed by atoms with van der Waals surface area (Å²) in [6.45, 7) is 9.30. The molecule has 2 fully saturated rings. The third-order valence-corrected chi connectivity index (χ3v) is 6.07. The molecule has 1 amide bonds. The average Bonchev–Trinajstić information content (AvgIpc) is 3.28. The van der Waals surface area contributed by atoms with E-state index in [4.69, 9.17) is 4.74 Å². The van der Waals surface area contributed by atoms with E-state index < -0.39 is 5.60 Å². The zero-order valence-electron chi connectivity index (χ0n) is 15.5. The third-order valence-electron chi connectivity index (χ3n) is 4.96. The van der Waals surface area contributed by atoms with Crippen LogP contribution in [0.25, 0.3) is 10.6 Å². The van der Waals surface area contributed by atoms with Gasteiger partial charge in [-0.1, -0.05) is 41.7 Å². The van der Waals surface area contributed by atoms with Crippen LogP contribution in [-0.2, 0) is 4.74 Å². The molecule has 0 bridgehead atoms. The molecule has 2 saturated heterocycles. The maximum atomic E-state index is 12.3. The van der Waals surface area contributed by atoms with Gasteiger partial charge in [0.2, 0.25) is 0 Å². The minimum absolute atomic E-state index is 0.178. The summed E-state index contributed by atoms with van der Waals surface area (Å²) in [6, 6.07) is 10.3. The van der Waals surface area contributed by atoms with Crippen LogP contribution in [0.15, 0.2) is 36.5 Å². The van der Waals surface area contributed by atoms with Gasteiger partial charge in [0, 0.05) is 43.6 Å². The molecule has 2 aliphatic rings. The maximum absolute atomic E-state index is 12.3. The number of amides is 1. The van der Waals surface area contributed by atoms with E-state index in [9.17, 15) is 4.79 Å². The molecule has 0 aliphatic carbocycles. The molecule has 2 atom stereocenters. The first kappa shape index (κ1) is 17.3. The summed E-state index contributed by atoms with van der Waals surface area (Å²) >= 11 is 1.75. The van der Waals surface area contributed by atoms with Gasteiger partial charge in [-0.3, -0.25) is 0 Å². The quantitative estimate of drug-likeness (QED) is 0.797. The van der Waals surface area contributed by atoms with Crippen molar-refractivity contribution in [1.29, 1.82) is 0 Å². The summed E-state index contributed by atoms with van der Waals surface area (Å²) in [5.41, 5.74) is 0.733. The Balaban J connectivity index is 1.38. The molecule has 138 valence electrons. The molecule has 4 rings (SSSR count). The molecule has 1 aromatic carbocycles. The van der Waals surface area contributed by atoms with E-state index in [0.29, 0.717) is 11.8 Å². The summed E-state index contributed by atoms with van der Waals surface area (Å²) in [6.07, 6.45) is 1.81. The Morgan fingerprint density at radius 1 is 1.12 bits per heavy atom. The Morgan fingerprint density at radius 3 is 2.38 bits per heavy atom. The lowest BCUT2D eigenvalue weighted by Gasteiger charge is -2.26. The van der Waals surface area contributed by atoms with E-state index >= 15 is 0 Å². The van der Waals surface area contributed by atoms with E-state index in [0.717, 1.165) is 31.2 Å². The highest BCUT2D eigenvalue weighted by Gasteiger charge is 2.43. The fourth-order valence-electron chi connectivity index (χ4n) is 3.77. The van der Waals surface area contributed by atoms with Gasteiger partial charge in [-0.05, 0) is 20.8 Å². The van der Waals surface area contributed by atoms with Crippen LogP contribution < -0.4 is 4.90 Å². The molecule has 2 aliphatic heterocycles. The van der Waals surface area contributed by atoms with Gasteiger partial charge in [-0.25, -0.2) is 9.78 Å². The van der Waals surface area contributed by atoms with Crippen molar-refractivity contribution in [2.75, 3.05) is 31.1 Å². The van der Waals surface area contributed by atoms with Crippen LogP contribution in [0, 0.1) is 11.8 Å². The summed E-state index contributed by atoms with van der Waals surface area (Å²) in [4.78, 5) is 21.2. The Kier molecular flexibility index (Phi) is 4.39. The highest BCUT2D eigenvalue weighted by Crippen LogP contribution is 2.38.